The van der Waals surface area contributed by atoms with Crippen molar-refractivity contribution in [2.45, 2.75) is 33.2 Å². The molecular formula is C11H17N3O2. The number of hydrogen-bond acceptors (Lipinski definition) is 4. The van der Waals surface area contributed by atoms with Crippen LogP contribution in [0.25, 0.3) is 0 Å². The van der Waals surface area contributed by atoms with Gasteiger partial charge in [0.1, 0.15) is 5.82 Å². The quantitative estimate of drug-likeness (QED) is 0.798. The van der Waals surface area contributed by atoms with E-state index in [4.69, 9.17) is 5.11 Å². The standard InChI is InChI=1S/C11H17N3O2/c1-4-8(7(2)3)14-10-6-12-9(5-13-10)11(15)16/h5-8H,4H2,1-3H3,(H,13,14)(H,15,16). The van der Waals surface area contributed by atoms with Gasteiger partial charge < -0.3 is 10.4 Å². The highest BCUT2D eigenvalue weighted by Gasteiger charge is 2.12. The lowest BCUT2D eigenvalue weighted by atomic mass is 10.0. The molecule has 0 aliphatic heterocycles. The molecule has 1 heterocycles. The van der Waals surface area contributed by atoms with E-state index in [1.165, 1.54) is 12.4 Å². The first-order valence-corrected chi connectivity index (χ1v) is 5.36. The van der Waals surface area contributed by atoms with Gasteiger partial charge in [-0.05, 0) is 12.3 Å². The van der Waals surface area contributed by atoms with Gasteiger partial charge in [0.2, 0.25) is 0 Å². The highest BCUT2D eigenvalue weighted by Crippen LogP contribution is 2.12. The molecule has 0 radical (unpaired) electrons. The number of anilines is 1. The first kappa shape index (κ1) is 12.4. The monoisotopic (exact) mass is 223 g/mol. The maximum absolute atomic E-state index is 10.6. The van der Waals surface area contributed by atoms with Gasteiger partial charge in [0, 0.05) is 6.04 Å². The van der Waals surface area contributed by atoms with E-state index in [1.54, 1.807) is 0 Å². The predicted molar refractivity (Wildman–Crippen MR) is 61.5 cm³/mol. The predicted octanol–water partition coefficient (Wildman–Crippen LogP) is 2.02. The van der Waals surface area contributed by atoms with Crippen molar-refractivity contribution in [3.05, 3.63) is 18.1 Å². The smallest absolute Gasteiger partial charge is 0.356 e. The van der Waals surface area contributed by atoms with Gasteiger partial charge in [-0.1, -0.05) is 20.8 Å². The minimum absolute atomic E-state index is 0.0388. The second-order valence-corrected chi connectivity index (χ2v) is 4.00. The Bertz CT molecular complexity index is 349. The molecule has 0 saturated heterocycles. The van der Waals surface area contributed by atoms with E-state index in [9.17, 15) is 4.79 Å². The Morgan fingerprint density at radius 1 is 1.44 bits per heavy atom. The van der Waals surface area contributed by atoms with Gasteiger partial charge >= 0.3 is 5.97 Å². The molecule has 0 saturated carbocycles. The molecule has 0 amide bonds. The summed E-state index contributed by atoms with van der Waals surface area (Å²) in [6.45, 7) is 6.34. The Labute approximate surface area is 94.9 Å². The van der Waals surface area contributed by atoms with Crippen molar-refractivity contribution < 1.29 is 9.90 Å². The zero-order valence-electron chi connectivity index (χ0n) is 9.77. The molecule has 0 aliphatic carbocycles. The Kier molecular flexibility index (Phi) is 4.22. The normalized spacial score (nSPS) is 12.5. The molecule has 0 bridgehead atoms. The fourth-order valence-electron chi connectivity index (χ4n) is 1.44. The van der Waals surface area contributed by atoms with Crippen LogP contribution in [0, 0.1) is 5.92 Å². The number of rotatable bonds is 5. The number of nitrogens with zero attached hydrogens (tertiary/aromatic N) is 2. The zero-order valence-corrected chi connectivity index (χ0v) is 9.77. The molecule has 0 aliphatic rings. The number of carbonyl (C=O) groups is 1. The first-order chi connectivity index (χ1) is 7.54. The minimum Gasteiger partial charge on any atom is -0.476 e. The fraction of sp³-hybridized carbons (Fsp3) is 0.545. The van der Waals surface area contributed by atoms with Crippen LogP contribution in [0.4, 0.5) is 5.82 Å². The van der Waals surface area contributed by atoms with Crippen LogP contribution in [0.1, 0.15) is 37.7 Å². The van der Waals surface area contributed by atoms with Crippen molar-refractivity contribution in [1.82, 2.24) is 9.97 Å². The molecule has 5 nitrogen and oxygen atoms in total. The number of hydrogen-bond donors (Lipinski definition) is 2. The SMILES string of the molecule is CCC(Nc1cnc(C(=O)O)cn1)C(C)C. The van der Waals surface area contributed by atoms with E-state index in [1.807, 2.05) is 0 Å². The van der Waals surface area contributed by atoms with Crippen LogP contribution in [-0.4, -0.2) is 27.1 Å². The van der Waals surface area contributed by atoms with Crippen molar-refractivity contribution in [2.75, 3.05) is 5.32 Å². The fourth-order valence-corrected chi connectivity index (χ4v) is 1.44. The third-order valence-corrected chi connectivity index (χ3v) is 2.45. The largest absolute Gasteiger partial charge is 0.476 e. The highest BCUT2D eigenvalue weighted by molar-refractivity contribution is 5.84. The molecule has 0 spiro atoms. The molecule has 1 unspecified atom stereocenters. The summed E-state index contributed by atoms with van der Waals surface area (Å²) in [4.78, 5) is 18.4. The van der Waals surface area contributed by atoms with E-state index in [2.05, 4.69) is 36.1 Å². The van der Waals surface area contributed by atoms with Gasteiger partial charge in [0.25, 0.3) is 0 Å². The summed E-state index contributed by atoms with van der Waals surface area (Å²) in [5.41, 5.74) is -0.0388. The Balaban J connectivity index is 2.71. The lowest BCUT2D eigenvalue weighted by Gasteiger charge is -2.20. The van der Waals surface area contributed by atoms with Crippen LogP contribution in [-0.2, 0) is 0 Å². The molecule has 0 aromatic carbocycles. The summed E-state index contributed by atoms with van der Waals surface area (Å²) >= 11 is 0. The van der Waals surface area contributed by atoms with Crippen molar-refractivity contribution >= 4 is 11.8 Å². The molecule has 88 valence electrons. The van der Waals surface area contributed by atoms with Crippen molar-refractivity contribution in [2.24, 2.45) is 5.92 Å². The summed E-state index contributed by atoms with van der Waals surface area (Å²) in [7, 11) is 0. The average molecular weight is 223 g/mol. The molecule has 16 heavy (non-hydrogen) atoms. The van der Waals surface area contributed by atoms with Gasteiger partial charge in [-0.3, -0.25) is 0 Å². The summed E-state index contributed by atoms with van der Waals surface area (Å²) in [5, 5.41) is 11.9. The minimum atomic E-state index is -1.06. The second-order valence-electron chi connectivity index (χ2n) is 4.00. The zero-order chi connectivity index (χ0) is 12.1. The van der Waals surface area contributed by atoms with Crippen molar-refractivity contribution in [1.29, 1.82) is 0 Å². The Morgan fingerprint density at radius 3 is 2.50 bits per heavy atom. The van der Waals surface area contributed by atoms with Gasteiger partial charge in [-0.15, -0.1) is 0 Å². The number of carboxylic acids is 1. The van der Waals surface area contributed by atoms with Gasteiger partial charge in [0.05, 0.1) is 12.4 Å². The topological polar surface area (TPSA) is 75.1 Å². The van der Waals surface area contributed by atoms with Crippen LogP contribution in [0.2, 0.25) is 0 Å². The van der Waals surface area contributed by atoms with Crippen LogP contribution in [0.15, 0.2) is 12.4 Å². The number of carboxylic acid groups (broad SMARTS) is 1. The third-order valence-electron chi connectivity index (χ3n) is 2.45. The van der Waals surface area contributed by atoms with Crippen LogP contribution >= 0.6 is 0 Å². The second kappa shape index (κ2) is 5.44. The number of aromatic carboxylic acids is 1. The molecule has 2 N–H and O–H groups in total. The summed E-state index contributed by atoms with van der Waals surface area (Å²) in [5.74, 6) is 0.0476. The molecule has 1 aromatic rings. The molecular weight excluding hydrogens is 206 g/mol. The molecule has 1 aromatic heterocycles. The van der Waals surface area contributed by atoms with E-state index < -0.39 is 5.97 Å². The lowest BCUT2D eigenvalue weighted by molar-refractivity contribution is 0.0690. The maximum atomic E-state index is 10.6. The Hall–Kier alpha value is -1.65. The first-order valence-electron chi connectivity index (χ1n) is 5.36. The third kappa shape index (κ3) is 3.18. The number of nitrogens with one attached hydrogen (secondary N) is 1. The van der Waals surface area contributed by atoms with Crippen molar-refractivity contribution in [3.8, 4) is 0 Å². The highest BCUT2D eigenvalue weighted by atomic mass is 16.4. The lowest BCUT2D eigenvalue weighted by Crippen LogP contribution is -2.25. The van der Waals surface area contributed by atoms with Gasteiger partial charge in [-0.25, -0.2) is 14.8 Å². The van der Waals surface area contributed by atoms with E-state index in [-0.39, 0.29) is 5.69 Å². The van der Waals surface area contributed by atoms with Gasteiger partial charge in [-0.2, -0.15) is 0 Å². The molecule has 0 fully saturated rings. The summed E-state index contributed by atoms with van der Waals surface area (Å²) < 4.78 is 0. The van der Waals surface area contributed by atoms with E-state index >= 15 is 0 Å². The molecule has 5 heteroatoms. The van der Waals surface area contributed by atoms with E-state index in [0.29, 0.717) is 17.8 Å². The summed E-state index contributed by atoms with van der Waals surface area (Å²) in [6.07, 6.45) is 3.70. The van der Waals surface area contributed by atoms with Crippen molar-refractivity contribution in [3.63, 3.8) is 0 Å². The Morgan fingerprint density at radius 2 is 2.12 bits per heavy atom. The van der Waals surface area contributed by atoms with Crippen LogP contribution < -0.4 is 5.32 Å². The molecule has 1 rings (SSSR count). The summed E-state index contributed by atoms with van der Waals surface area (Å²) in [6, 6.07) is 0.324. The van der Waals surface area contributed by atoms with Gasteiger partial charge in [0.15, 0.2) is 5.69 Å². The van der Waals surface area contributed by atoms with Crippen LogP contribution in [0.5, 0.6) is 0 Å². The number of aromatic nitrogens is 2. The van der Waals surface area contributed by atoms with E-state index in [0.717, 1.165) is 6.42 Å². The molecule has 1 atom stereocenters. The average Bonchev–Trinajstić information content (AvgIpc) is 2.26. The van der Waals surface area contributed by atoms with Crippen LogP contribution in [0.3, 0.4) is 0 Å². The maximum Gasteiger partial charge on any atom is 0.356 e.